The number of nitro benzene ring substituents is 1. The minimum absolute atomic E-state index is 0.0227. The SMILES string of the molecule is COc1cc([C@H](OC)[C@@H](C)C2C(=O)OC2[C@H](OC)[C@@H](C)/C=C(\C)[C@H](O[Si](C)(C)C(C)(C)C)[C@@H](C)C(=O)N(C)OC)c(OC)c([N+](=O)[O-])c1. The molecule has 0 aliphatic carbocycles. The van der Waals surface area contributed by atoms with Gasteiger partial charge in [0.05, 0.1) is 50.4 Å². The summed E-state index contributed by atoms with van der Waals surface area (Å²) in [6.45, 7) is 18.3. The van der Waals surface area contributed by atoms with Gasteiger partial charge in [-0.3, -0.25) is 24.5 Å². The third kappa shape index (κ3) is 8.75. The van der Waals surface area contributed by atoms with Crippen molar-refractivity contribution in [2.75, 3.05) is 42.6 Å². The summed E-state index contributed by atoms with van der Waals surface area (Å²) in [6, 6.07) is 2.89. The van der Waals surface area contributed by atoms with Gasteiger partial charge in [-0.25, -0.2) is 5.06 Å². The fraction of sp³-hybridized carbons (Fsp3) is 0.706. The number of nitrogens with zero attached hydrogens (tertiary/aromatic N) is 2. The first kappa shape index (κ1) is 41.1. The normalized spacial score (nSPS) is 20.8. The van der Waals surface area contributed by atoms with Gasteiger partial charge in [-0.15, -0.1) is 0 Å². The highest BCUT2D eigenvalue weighted by molar-refractivity contribution is 6.74. The highest BCUT2D eigenvalue weighted by atomic mass is 28.4. The zero-order valence-electron chi connectivity index (χ0n) is 31.2. The zero-order chi connectivity index (χ0) is 36.9. The zero-order valence-corrected chi connectivity index (χ0v) is 32.2. The molecule has 8 atom stereocenters. The molecule has 0 spiro atoms. The maximum atomic E-state index is 13.3. The van der Waals surface area contributed by atoms with E-state index < -0.39 is 61.4 Å². The molecular weight excluding hydrogens is 640 g/mol. The third-order valence-electron chi connectivity index (χ3n) is 9.94. The number of cyclic esters (lactones) is 1. The van der Waals surface area contributed by atoms with Crippen molar-refractivity contribution in [1.82, 2.24) is 5.06 Å². The van der Waals surface area contributed by atoms with Crippen LogP contribution < -0.4 is 9.47 Å². The number of hydrogen-bond acceptors (Lipinski definition) is 11. The van der Waals surface area contributed by atoms with Crippen molar-refractivity contribution in [3.63, 3.8) is 0 Å². The van der Waals surface area contributed by atoms with Crippen LogP contribution in [0.25, 0.3) is 0 Å². The molecule has 1 amide bonds. The minimum Gasteiger partial charge on any atom is -0.496 e. The smallest absolute Gasteiger partial charge is 0.315 e. The van der Waals surface area contributed by atoms with Crippen molar-refractivity contribution in [3.05, 3.63) is 39.5 Å². The van der Waals surface area contributed by atoms with Crippen molar-refractivity contribution < 1.29 is 47.5 Å². The number of rotatable bonds is 17. The average molecular weight is 697 g/mol. The Labute approximate surface area is 286 Å². The number of carbonyl (C=O) groups excluding carboxylic acids is 2. The lowest BCUT2D eigenvalue weighted by molar-refractivity contribution is -0.385. The van der Waals surface area contributed by atoms with Gasteiger partial charge in [0.15, 0.2) is 8.32 Å². The Balaban J connectivity index is 2.51. The Morgan fingerprint density at radius 3 is 2.10 bits per heavy atom. The summed E-state index contributed by atoms with van der Waals surface area (Å²) in [5.74, 6) is -2.37. The van der Waals surface area contributed by atoms with Gasteiger partial charge in [0.1, 0.15) is 23.9 Å². The average Bonchev–Trinajstić information content (AvgIpc) is 3.01. The molecule has 13 nitrogen and oxygen atoms in total. The number of hydroxylamine groups is 2. The molecule has 1 heterocycles. The summed E-state index contributed by atoms with van der Waals surface area (Å²) in [6.07, 6.45) is -0.529. The monoisotopic (exact) mass is 696 g/mol. The molecule has 0 saturated carbocycles. The van der Waals surface area contributed by atoms with Crippen molar-refractivity contribution in [2.45, 2.75) is 91.0 Å². The lowest BCUT2D eigenvalue weighted by Crippen LogP contribution is -2.57. The van der Waals surface area contributed by atoms with Gasteiger partial charge in [0.2, 0.25) is 5.75 Å². The number of methoxy groups -OCH3 is 4. The number of amides is 1. The molecule has 1 aromatic rings. The van der Waals surface area contributed by atoms with E-state index in [2.05, 4.69) is 33.9 Å². The first-order chi connectivity index (χ1) is 22.2. The van der Waals surface area contributed by atoms with Crippen LogP contribution in [0.3, 0.4) is 0 Å². The molecule has 1 saturated heterocycles. The second-order valence-electron chi connectivity index (χ2n) is 14.0. The van der Waals surface area contributed by atoms with E-state index in [0.29, 0.717) is 5.56 Å². The summed E-state index contributed by atoms with van der Waals surface area (Å²) in [5, 5.41) is 13.0. The van der Waals surface area contributed by atoms with E-state index in [0.717, 1.165) is 5.57 Å². The molecule has 1 fully saturated rings. The number of nitro groups is 1. The molecule has 1 aromatic carbocycles. The Morgan fingerprint density at radius 2 is 1.67 bits per heavy atom. The second-order valence-corrected chi connectivity index (χ2v) is 18.8. The Morgan fingerprint density at radius 1 is 1.06 bits per heavy atom. The molecule has 0 bridgehead atoms. The molecule has 0 radical (unpaired) electrons. The van der Waals surface area contributed by atoms with Crippen LogP contribution in [-0.2, 0) is 33.1 Å². The van der Waals surface area contributed by atoms with Gasteiger partial charge in [-0.1, -0.05) is 47.6 Å². The minimum atomic E-state index is -2.33. The van der Waals surface area contributed by atoms with Crippen molar-refractivity contribution in [2.24, 2.45) is 23.7 Å². The number of esters is 1. The summed E-state index contributed by atoms with van der Waals surface area (Å²) in [4.78, 5) is 42.9. The van der Waals surface area contributed by atoms with Crippen LogP contribution in [0.2, 0.25) is 18.1 Å². The summed E-state index contributed by atoms with van der Waals surface area (Å²) in [7, 11) is 6.48. The first-order valence-electron chi connectivity index (χ1n) is 16.1. The fourth-order valence-corrected chi connectivity index (χ4v) is 7.46. The van der Waals surface area contributed by atoms with Gasteiger partial charge < -0.3 is 28.1 Å². The van der Waals surface area contributed by atoms with Crippen LogP contribution in [0.15, 0.2) is 23.8 Å². The van der Waals surface area contributed by atoms with E-state index in [1.54, 1.807) is 20.2 Å². The Kier molecular flexibility index (Phi) is 14.2. The summed E-state index contributed by atoms with van der Waals surface area (Å²) in [5.41, 5.74) is 0.940. The lowest BCUT2D eigenvalue weighted by atomic mass is 9.75. The molecular formula is C34H56N2O11Si. The van der Waals surface area contributed by atoms with E-state index >= 15 is 0 Å². The van der Waals surface area contributed by atoms with Gasteiger partial charge in [-0.05, 0) is 36.7 Å². The van der Waals surface area contributed by atoms with Crippen LogP contribution >= 0.6 is 0 Å². The van der Waals surface area contributed by atoms with Gasteiger partial charge in [-0.2, -0.15) is 0 Å². The molecule has 0 N–H and O–H groups in total. The van der Waals surface area contributed by atoms with Crippen LogP contribution in [0.1, 0.15) is 60.1 Å². The molecule has 0 aromatic heterocycles. The van der Waals surface area contributed by atoms with Crippen LogP contribution in [-0.4, -0.2) is 91.1 Å². The van der Waals surface area contributed by atoms with Gasteiger partial charge in [0.25, 0.3) is 5.91 Å². The fourth-order valence-electron chi connectivity index (χ4n) is 6.08. The lowest BCUT2D eigenvalue weighted by Gasteiger charge is -2.45. The largest absolute Gasteiger partial charge is 0.496 e. The molecule has 1 aliphatic rings. The predicted molar refractivity (Wildman–Crippen MR) is 183 cm³/mol. The molecule has 2 rings (SSSR count). The molecule has 48 heavy (non-hydrogen) atoms. The predicted octanol–water partition coefficient (Wildman–Crippen LogP) is 6.12. The standard InChI is InChI=1S/C34H56N2O11Si/c1-19(27(22(4)32(37)35(8)45-13)47-48(14,15)34(5,6)7)16-20(2)28(42-10)31-26(33(38)46-31)21(3)29(43-11)24-17-23(41-9)18-25(36(39)40)30(24)44-12/h16-18,20-22,26-29,31H,1-15H3/b19-16+/t20-,21-,22+,26?,27-,28+,29+,31?/m0/s1. The first-order valence-corrected chi connectivity index (χ1v) is 19.0. The molecule has 272 valence electrons. The van der Waals surface area contributed by atoms with Crippen LogP contribution in [0, 0.1) is 33.8 Å². The molecule has 2 unspecified atom stereocenters. The highest BCUT2D eigenvalue weighted by Crippen LogP contribution is 2.47. The molecule has 14 heteroatoms. The Hall–Kier alpha value is -3.04. The van der Waals surface area contributed by atoms with Crippen LogP contribution in [0.4, 0.5) is 5.69 Å². The number of benzene rings is 1. The maximum Gasteiger partial charge on any atom is 0.315 e. The summed E-state index contributed by atoms with van der Waals surface area (Å²) >= 11 is 0. The van der Waals surface area contributed by atoms with Crippen molar-refractivity contribution in [1.29, 1.82) is 0 Å². The second kappa shape index (κ2) is 16.6. The Bertz CT molecular complexity index is 1330. The summed E-state index contributed by atoms with van der Waals surface area (Å²) < 4.78 is 35.2. The molecule has 1 aliphatic heterocycles. The van der Waals surface area contributed by atoms with E-state index in [1.807, 2.05) is 33.8 Å². The van der Waals surface area contributed by atoms with E-state index in [4.69, 9.17) is 32.9 Å². The van der Waals surface area contributed by atoms with Gasteiger partial charge in [0, 0.05) is 38.7 Å². The maximum absolute atomic E-state index is 13.3. The van der Waals surface area contributed by atoms with Crippen LogP contribution in [0.5, 0.6) is 11.5 Å². The highest BCUT2D eigenvalue weighted by Gasteiger charge is 2.54. The third-order valence-corrected chi connectivity index (χ3v) is 14.4. The van der Waals surface area contributed by atoms with E-state index in [-0.39, 0.29) is 34.0 Å². The van der Waals surface area contributed by atoms with Gasteiger partial charge >= 0.3 is 11.7 Å². The number of hydrogen-bond donors (Lipinski definition) is 0. The number of carbonyl (C=O) groups is 2. The van der Waals surface area contributed by atoms with Crippen molar-refractivity contribution >= 4 is 25.9 Å². The number of ether oxygens (including phenoxy) is 5. The van der Waals surface area contributed by atoms with E-state index in [1.165, 1.54) is 39.6 Å². The quantitative estimate of drug-likeness (QED) is 0.0611. The van der Waals surface area contributed by atoms with Crippen molar-refractivity contribution in [3.8, 4) is 11.5 Å². The topological polar surface area (TPSA) is 145 Å². The van der Waals surface area contributed by atoms with E-state index in [9.17, 15) is 19.7 Å².